The Bertz CT molecular complexity index is 246. The number of hydrogen-bond acceptors (Lipinski definition) is 4. The first-order chi connectivity index (χ1) is 5.29. The molecule has 0 bridgehead atoms. The zero-order valence-electron chi connectivity index (χ0n) is 6.25. The summed E-state index contributed by atoms with van der Waals surface area (Å²) in [6, 6.07) is 1.72. The van der Waals surface area contributed by atoms with E-state index in [1.54, 1.807) is 12.3 Å². The van der Waals surface area contributed by atoms with Gasteiger partial charge in [-0.25, -0.2) is 0 Å². The first-order valence-corrected chi connectivity index (χ1v) is 3.42. The maximum Gasteiger partial charge on any atom is 0.0604 e. The number of rotatable bonds is 2. The second-order valence-corrected chi connectivity index (χ2v) is 2.23. The fourth-order valence-corrected chi connectivity index (χ4v) is 0.964. The molecule has 1 aromatic rings. The highest BCUT2D eigenvalue weighted by Gasteiger charge is 2.02. The van der Waals surface area contributed by atoms with Gasteiger partial charge in [-0.1, -0.05) is 0 Å². The highest BCUT2D eigenvalue weighted by Crippen LogP contribution is 2.12. The highest BCUT2D eigenvalue weighted by atomic mass is 14.8. The zero-order chi connectivity index (χ0) is 8.27. The van der Waals surface area contributed by atoms with Gasteiger partial charge in [0.25, 0.3) is 0 Å². The lowest BCUT2D eigenvalue weighted by Gasteiger charge is -2.06. The highest BCUT2D eigenvalue weighted by molar-refractivity contribution is 5.47. The van der Waals surface area contributed by atoms with Crippen LogP contribution in [0.1, 0.15) is 11.3 Å². The first kappa shape index (κ1) is 7.97. The molecular formula is C7H12N4. The van der Waals surface area contributed by atoms with Gasteiger partial charge in [-0.15, -0.1) is 0 Å². The van der Waals surface area contributed by atoms with Crippen LogP contribution in [-0.2, 0) is 13.1 Å². The number of nitrogen functional groups attached to an aromatic ring is 1. The molecule has 0 saturated carbocycles. The van der Waals surface area contributed by atoms with Crippen LogP contribution in [0.4, 0.5) is 5.69 Å². The van der Waals surface area contributed by atoms with Crippen LogP contribution < -0.4 is 17.2 Å². The Kier molecular flexibility index (Phi) is 2.40. The van der Waals surface area contributed by atoms with E-state index in [1.807, 2.05) is 0 Å². The van der Waals surface area contributed by atoms with E-state index in [4.69, 9.17) is 17.2 Å². The van der Waals surface area contributed by atoms with Crippen LogP contribution >= 0.6 is 0 Å². The van der Waals surface area contributed by atoms with Gasteiger partial charge in [0.2, 0.25) is 0 Å². The molecule has 0 unspecified atom stereocenters. The lowest BCUT2D eigenvalue weighted by molar-refractivity contribution is 0.924. The van der Waals surface area contributed by atoms with Crippen molar-refractivity contribution in [1.29, 1.82) is 0 Å². The number of nitrogens with two attached hydrogens (primary N) is 3. The largest absolute Gasteiger partial charge is 0.398 e. The van der Waals surface area contributed by atoms with E-state index < -0.39 is 0 Å². The quantitative estimate of drug-likeness (QED) is 0.537. The van der Waals surface area contributed by atoms with Crippen molar-refractivity contribution >= 4 is 5.69 Å². The molecule has 0 aliphatic heterocycles. The summed E-state index contributed by atoms with van der Waals surface area (Å²) in [5.74, 6) is 0. The molecule has 60 valence electrons. The molecule has 4 heteroatoms. The van der Waals surface area contributed by atoms with Crippen molar-refractivity contribution < 1.29 is 0 Å². The van der Waals surface area contributed by atoms with Gasteiger partial charge in [-0.05, 0) is 6.07 Å². The maximum absolute atomic E-state index is 5.63. The van der Waals surface area contributed by atoms with Crippen molar-refractivity contribution in [2.45, 2.75) is 13.1 Å². The fourth-order valence-electron chi connectivity index (χ4n) is 0.964. The van der Waals surface area contributed by atoms with Crippen molar-refractivity contribution in [2.75, 3.05) is 5.73 Å². The summed E-state index contributed by atoms with van der Waals surface area (Å²) in [6.45, 7) is 0.782. The van der Waals surface area contributed by atoms with Crippen molar-refractivity contribution in [3.05, 3.63) is 23.5 Å². The Morgan fingerprint density at radius 2 is 2.00 bits per heavy atom. The van der Waals surface area contributed by atoms with Crippen LogP contribution in [0, 0.1) is 0 Å². The van der Waals surface area contributed by atoms with Gasteiger partial charge < -0.3 is 17.2 Å². The van der Waals surface area contributed by atoms with Gasteiger partial charge in [0.05, 0.1) is 5.69 Å². The van der Waals surface area contributed by atoms with Gasteiger partial charge in [-0.2, -0.15) is 0 Å². The van der Waals surface area contributed by atoms with Crippen LogP contribution in [0.2, 0.25) is 0 Å². The van der Waals surface area contributed by atoms with E-state index in [2.05, 4.69) is 4.98 Å². The lowest BCUT2D eigenvalue weighted by atomic mass is 10.1. The summed E-state index contributed by atoms with van der Waals surface area (Å²) < 4.78 is 0. The van der Waals surface area contributed by atoms with E-state index in [1.165, 1.54) is 0 Å². The van der Waals surface area contributed by atoms with E-state index >= 15 is 0 Å². The average Bonchev–Trinajstić information content (AvgIpc) is 2.04. The summed E-state index contributed by atoms with van der Waals surface area (Å²) in [5.41, 5.74) is 18.8. The number of pyridine rings is 1. The third-order valence-corrected chi connectivity index (χ3v) is 1.58. The number of hydrogen-bond donors (Lipinski definition) is 3. The molecule has 6 N–H and O–H groups in total. The Balaban J connectivity index is 3.13. The molecule has 0 fully saturated rings. The molecule has 0 atom stereocenters. The van der Waals surface area contributed by atoms with E-state index in [0.29, 0.717) is 18.8 Å². The van der Waals surface area contributed by atoms with Crippen molar-refractivity contribution in [1.82, 2.24) is 4.98 Å². The van der Waals surface area contributed by atoms with Gasteiger partial charge >= 0.3 is 0 Å². The summed E-state index contributed by atoms with van der Waals surface area (Å²) in [6.07, 6.45) is 1.64. The Morgan fingerprint density at radius 1 is 1.27 bits per heavy atom. The lowest BCUT2D eigenvalue weighted by Crippen LogP contribution is -2.10. The molecule has 1 rings (SSSR count). The number of nitrogens with zero attached hydrogens (tertiary/aromatic N) is 1. The second-order valence-electron chi connectivity index (χ2n) is 2.23. The molecule has 0 aliphatic rings. The molecule has 0 saturated heterocycles. The summed E-state index contributed by atoms with van der Waals surface area (Å²) in [4.78, 5) is 4.04. The van der Waals surface area contributed by atoms with Gasteiger partial charge in [-0.3, -0.25) is 4.98 Å². The topological polar surface area (TPSA) is 90.9 Å². The molecule has 0 spiro atoms. The van der Waals surface area contributed by atoms with Crippen LogP contribution in [0.3, 0.4) is 0 Å². The van der Waals surface area contributed by atoms with E-state index in [0.717, 1.165) is 11.3 Å². The Labute approximate surface area is 65.4 Å². The van der Waals surface area contributed by atoms with Gasteiger partial charge in [0, 0.05) is 30.5 Å². The molecule has 1 aromatic heterocycles. The minimum absolute atomic E-state index is 0.386. The maximum atomic E-state index is 5.63. The van der Waals surface area contributed by atoms with Crippen LogP contribution in [0.5, 0.6) is 0 Å². The normalized spacial score (nSPS) is 10.0. The monoisotopic (exact) mass is 152 g/mol. The first-order valence-electron chi connectivity index (χ1n) is 3.42. The summed E-state index contributed by atoms with van der Waals surface area (Å²) in [5, 5.41) is 0. The third-order valence-electron chi connectivity index (χ3n) is 1.58. The smallest absolute Gasteiger partial charge is 0.0604 e. The average molecular weight is 152 g/mol. The third kappa shape index (κ3) is 1.47. The molecule has 11 heavy (non-hydrogen) atoms. The van der Waals surface area contributed by atoms with Crippen LogP contribution in [-0.4, -0.2) is 4.98 Å². The SMILES string of the molecule is NCc1nccc(N)c1CN. The minimum atomic E-state index is 0.386. The number of aromatic nitrogens is 1. The van der Waals surface area contributed by atoms with Crippen molar-refractivity contribution in [3.8, 4) is 0 Å². The van der Waals surface area contributed by atoms with Crippen molar-refractivity contribution in [2.24, 2.45) is 11.5 Å². The molecule has 0 radical (unpaired) electrons. The molecular weight excluding hydrogens is 140 g/mol. The zero-order valence-corrected chi connectivity index (χ0v) is 6.25. The molecule has 4 nitrogen and oxygen atoms in total. The summed E-state index contributed by atoms with van der Waals surface area (Å²) in [7, 11) is 0. The minimum Gasteiger partial charge on any atom is -0.398 e. The van der Waals surface area contributed by atoms with Crippen LogP contribution in [0.25, 0.3) is 0 Å². The van der Waals surface area contributed by atoms with Gasteiger partial charge in [0.1, 0.15) is 0 Å². The van der Waals surface area contributed by atoms with E-state index in [9.17, 15) is 0 Å². The molecule has 0 aromatic carbocycles. The van der Waals surface area contributed by atoms with E-state index in [-0.39, 0.29) is 0 Å². The van der Waals surface area contributed by atoms with Crippen LogP contribution in [0.15, 0.2) is 12.3 Å². The summed E-state index contributed by atoms with van der Waals surface area (Å²) >= 11 is 0. The predicted octanol–water partition coefficient (Wildman–Crippen LogP) is -0.419. The Hall–Kier alpha value is -1.13. The Morgan fingerprint density at radius 3 is 2.45 bits per heavy atom. The molecule has 0 aliphatic carbocycles. The fraction of sp³-hybridized carbons (Fsp3) is 0.286. The van der Waals surface area contributed by atoms with Crippen molar-refractivity contribution in [3.63, 3.8) is 0 Å². The molecule has 1 heterocycles. The predicted molar refractivity (Wildman–Crippen MR) is 44.4 cm³/mol. The van der Waals surface area contributed by atoms with Gasteiger partial charge in [0.15, 0.2) is 0 Å². The number of anilines is 1. The molecule has 0 amide bonds. The standard InChI is InChI=1S/C7H12N4/c8-3-5-6(10)1-2-11-7(5)4-9/h1-2H,3-4,8-9H2,(H2,10,11). The second kappa shape index (κ2) is 3.32.